The first-order valence-corrected chi connectivity index (χ1v) is 11.7. The van der Waals surface area contributed by atoms with Crippen molar-refractivity contribution >= 4 is 22.6 Å². The first-order chi connectivity index (χ1) is 14.7. The second-order valence-electron chi connectivity index (χ2n) is 7.89. The molecule has 0 saturated carbocycles. The van der Waals surface area contributed by atoms with Gasteiger partial charge < -0.3 is 14.7 Å². The van der Waals surface area contributed by atoms with Gasteiger partial charge in [-0.05, 0) is 43.5 Å². The minimum Gasteiger partial charge on any atom is -0.487 e. The minimum atomic E-state index is -3.36. The van der Waals surface area contributed by atoms with Crippen LogP contribution in [0.4, 0.5) is 5.69 Å². The van der Waals surface area contributed by atoms with E-state index >= 15 is 0 Å². The van der Waals surface area contributed by atoms with Gasteiger partial charge in [0, 0.05) is 19.5 Å². The maximum Gasteiger partial charge on any atom is 0.222 e. The molecule has 1 amide bonds. The summed E-state index contributed by atoms with van der Waals surface area (Å²) in [4.78, 5) is 14.1. The Morgan fingerprint density at radius 3 is 2.55 bits per heavy atom. The molecular weight excluding hydrogens is 418 g/mol. The molecule has 31 heavy (non-hydrogen) atoms. The van der Waals surface area contributed by atoms with E-state index in [2.05, 4.69) is 4.72 Å². The van der Waals surface area contributed by atoms with Crippen molar-refractivity contribution in [2.75, 3.05) is 17.9 Å². The number of aliphatic hydroxyl groups excluding tert-OH is 1. The van der Waals surface area contributed by atoms with Crippen LogP contribution in [0.1, 0.15) is 31.4 Å². The summed E-state index contributed by atoms with van der Waals surface area (Å²) < 4.78 is 30.4. The molecule has 1 heterocycles. The molecule has 4 N–H and O–H groups in total. The lowest BCUT2D eigenvalue weighted by atomic mass is 10.1. The van der Waals surface area contributed by atoms with Gasteiger partial charge in [-0.1, -0.05) is 47.4 Å². The Kier molecular flexibility index (Phi) is 7.45. The summed E-state index contributed by atoms with van der Waals surface area (Å²) >= 11 is 0. The van der Waals surface area contributed by atoms with Crippen molar-refractivity contribution in [1.82, 2.24) is 9.62 Å². The van der Waals surface area contributed by atoms with E-state index in [-0.39, 0.29) is 18.5 Å². The molecule has 2 aromatic carbocycles. The van der Waals surface area contributed by atoms with Crippen LogP contribution in [0.3, 0.4) is 0 Å². The fourth-order valence-electron chi connectivity index (χ4n) is 3.27. The van der Waals surface area contributed by atoms with Gasteiger partial charge in [-0.15, -0.1) is 0 Å². The number of nitrogens with zero attached hydrogens (tertiary/aromatic N) is 2. The van der Waals surface area contributed by atoms with Gasteiger partial charge in [0.25, 0.3) is 0 Å². The molecule has 170 valence electrons. The van der Waals surface area contributed by atoms with E-state index in [1.807, 2.05) is 56.3 Å². The normalized spacial score (nSPS) is 18.8. The molecule has 1 fully saturated rings. The van der Waals surface area contributed by atoms with Crippen molar-refractivity contribution in [2.24, 2.45) is 0 Å². The number of anilines is 1. The predicted molar refractivity (Wildman–Crippen MR) is 123 cm³/mol. The largest absolute Gasteiger partial charge is 0.487 e. The van der Waals surface area contributed by atoms with Gasteiger partial charge in [0.05, 0.1) is 6.54 Å². The molecule has 1 aliphatic heterocycles. The highest BCUT2D eigenvalue weighted by Gasteiger charge is 2.36. The number of β-amino-alcohol motifs (C(OH)–C–C–N with tert-alkyl or cyclic N) is 1. The maximum absolute atomic E-state index is 12.3. The van der Waals surface area contributed by atoms with Crippen molar-refractivity contribution in [2.45, 2.75) is 45.6 Å². The Morgan fingerprint density at radius 1 is 1.23 bits per heavy atom. The van der Waals surface area contributed by atoms with Gasteiger partial charge >= 0.3 is 0 Å². The summed E-state index contributed by atoms with van der Waals surface area (Å²) in [7, 11) is -1.57. The Hall–Kier alpha value is -2.30. The Labute approximate surface area is 185 Å². The Morgan fingerprint density at radius 2 is 1.94 bits per heavy atom. The lowest BCUT2D eigenvalue weighted by Gasteiger charge is -2.37. The van der Waals surface area contributed by atoms with E-state index in [9.17, 15) is 19.0 Å². The highest BCUT2D eigenvalue weighted by molar-refractivity contribution is 8.24. The summed E-state index contributed by atoms with van der Waals surface area (Å²) in [6, 6.07) is 15.2. The lowest BCUT2D eigenvalue weighted by molar-refractivity contribution is -0.131. The van der Waals surface area contributed by atoms with Crippen molar-refractivity contribution < 1.29 is 23.7 Å². The summed E-state index contributed by atoms with van der Waals surface area (Å²) in [5.41, 5.74) is 2.34. The van der Waals surface area contributed by atoms with Crippen LogP contribution in [0.25, 0.3) is 0 Å². The molecule has 2 aromatic rings. The van der Waals surface area contributed by atoms with Crippen LogP contribution in [-0.2, 0) is 17.8 Å². The van der Waals surface area contributed by atoms with E-state index in [1.165, 1.54) is 4.31 Å². The van der Waals surface area contributed by atoms with E-state index < -0.39 is 17.2 Å². The third-order valence-electron chi connectivity index (χ3n) is 5.27. The average molecular weight is 450 g/mol. The Bertz CT molecular complexity index is 894. The van der Waals surface area contributed by atoms with Crippen molar-refractivity contribution in [1.29, 1.82) is 0 Å². The first kappa shape index (κ1) is 23.4. The van der Waals surface area contributed by atoms with Crippen molar-refractivity contribution in [3.63, 3.8) is 0 Å². The number of aryl methyl sites for hydroxylation is 1. The SMILES string of the molecule is CC(C)N(C)C(=O)CCc1ccc(N2CC(O)NS2(O)O)c(OCc2ccccc2)c1. The summed E-state index contributed by atoms with van der Waals surface area (Å²) in [6.45, 7) is 4.26. The molecule has 1 saturated heterocycles. The lowest BCUT2D eigenvalue weighted by Crippen LogP contribution is -2.33. The highest BCUT2D eigenvalue weighted by atomic mass is 32.3. The minimum absolute atomic E-state index is 0.0149. The number of hydrogen-bond donors (Lipinski definition) is 4. The number of hydrogen-bond acceptors (Lipinski definition) is 7. The molecule has 0 aromatic heterocycles. The van der Waals surface area contributed by atoms with Gasteiger partial charge in [-0.2, -0.15) is 4.72 Å². The molecule has 0 aliphatic carbocycles. The standard InChI is InChI=1S/C22H31N3O5S/c1-16(2)24(3)22(27)12-10-17-9-11-19(25-14-21(26)23-31(25,28)29)20(13-17)30-15-18-7-5-4-6-8-18/h4-9,11,13,16,21,23,26,28-29H,10,12,14-15H2,1-3H3. The number of aliphatic hydroxyl groups is 1. The zero-order valence-corrected chi connectivity index (χ0v) is 18.9. The van der Waals surface area contributed by atoms with Crippen LogP contribution in [0, 0.1) is 0 Å². The second-order valence-corrected chi connectivity index (χ2v) is 9.60. The third-order valence-corrected chi connectivity index (χ3v) is 6.81. The molecule has 0 radical (unpaired) electrons. The number of ether oxygens (including phenoxy) is 1. The van der Waals surface area contributed by atoms with Crippen LogP contribution < -0.4 is 13.8 Å². The molecule has 0 spiro atoms. The fraction of sp³-hybridized carbons (Fsp3) is 0.409. The summed E-state index contributed by atoms with van der Waals surface area (Å²) in [5, 5.41) is 9.86. The van der Waals surface area contributed by atoms with E-state index in [0.29, 0.717) is 30.9 Å². The van der Waals surface area contributed by atoms with Gasteiger partial charge in [0.15, 0.2) is 0 Å². The van der Waals surface area contributed by atoms with E-state index in [0.717, 1.165) is 11.1 Å². The van der Waals surface area contributed by atoms with E-state index in [1.54, 1.807) is 18.0 Å². The molecule has 8 nitrogen and oxygen atoms in total. The van der Waals surface area contributed by atoms with Crippen molar-refractivity contribution in [3.8, 4) is 5.75 Å². The topological polar surface area (TPSA) is 106 Å². The monoisotopic (exact) mass is 449 g/mol. The van der Waals surface area contributed by atoms with Crippen LogP contribution in [0.15, 0.2) is 48.5 Å². The molecule has 3 rings (SSSR count). The number of carbonyl (C=O) groups excluding carboxylic acids is 1. The number of carbonyl (C=O) groups is 1. The average Bonchev–Trinajstić information content (AvgIpc) is 3.02. The predicted octanol–water partition coefficient (Wildman–Crippen LogP) is 3.37. The number of amides is 1. The number of rotatable bonds is 8. The molecule has 9 heteroatoms. The van der Waals surface area contributed by atoms with Gasteiger partial charge in [0.1, 0.15) is 24.3 Å². The van der Waals surface area contributed by atoms with Crippen molar-refractivity contribution in [3.05, 3.63) is 59.7 Å². The van der Waals surface area contributed by atoms with Gasteiger partial charge in [-0.25, -0.2) is 0 Å². The zero-order chi connectivity index (χ0) is 22.6. The zero-order valence-electron chi connectivity index (χ0n) is 18.1. The molecular formula is C22H31N3O5S. The Balaban J connectivity index is 1.82. The molecule has 1 aliphatic rings. The fourth-order valence-corrected chi connectivity index (χ4v) is 4.61. The summed E-state index contributed by atoms with van der Waals surface area (Å²) in [6.07, 6.45) is -0.156. The van der Waals surface area contributed by atoms with Gasteiger partial charge in [-0.3, -0.25) is 18.2 Å². The first-order valence-electron chi connectivity index (χ1n) is 10.2. The summed E-state index contributed by atoms with van der Waals surface area (Å²) in [5.74, 6) is 0.522. The quantitative estimate of drug-likeness (QED) is 0.490. The third kappa shape index (κ3) is 5.90. The van der Waals surface area contributed by atoms with Gasteiger partial charge in [0.2, 0.25) is 5.91 Å². The maximum atomic E-state index is 12.3. The van der Waals surface area contributed by atoms with E-state index in [4.69, 9.17) is 4.74 Å². The highest BCUT2D eigenvalue weighted by Crippen LogP contribution is 2.49. The smallest absolute Gasteiger partial charge is 0.222 e. The molecule has 1 unspecified atom stereocenters. The van der Waals surface area contributed by atoms with Crippen LogP contribution in [0.2, 0.25) is 0 Å². The second kappa shape index (κ2) is 9.88. The number of benzene rings is 2. The number of nitrogens with one attached hydrogen (secondary N) is 1. The van der Waals surface area contributed by atoms with Crippen LogP contribution >= 0.6 is 11.0 Å². The van der Waals surface area contributed by atoms with Crippen LogP contribution in [0.5, 0.6) is 5.75 Å². The van der Waals surface area contributed by atoms with Crippen LogP contribution in [-0.4, -0.2) is 50.9 Å². The molecule has 0 bridgehead atoms. The molecule has 1 atom stereocenters.